The van der Waals surface area contributed by atoms with Gasteiger partial charge in [0.2, 0.25) is 0 Å². The summed E-state index contributed by atoms with van der Waals surface area (Å²) in [6.07, 6.45) is 5.14. The molecular weight excluding hydrogens is 344 g/mol. The van der Waals surface area contributed by atoms with Crippen LogP contribution >= 0.6 is 11.3 Å². The number of rotatable bonds is 6. The second-order valence-electron chi connectivity index (χ2n) is 6.32. The van der Waals surface area contributed by atoms with Crippen molar-refractivity contribution in [1.82, 2.24) is 4.98 Å². The quantitative estimate of drug-likeness (QED) is 0.657. The van der Waals surface area contributed by atoms with Crippen LogP contribution in [0, 0.1) is 0 Å². The van der Waals surface area contributed by atoms with Gasteiger partial charge in [0.05, 0.1) is 6.54 Å². The third kappa shape index (κ3) is 3.78. The molecule has 1 amide bonds. The third-order valence-electron chi connectivity index (χ3n) is 4.55. The highest BCUT2D eigenvalue weighted by molar-refractivity contribution is 7.09. The largest absolute Gasteiger partial charge is 0.484 e. The summed E-state index contributed by atoms with van der Waals surface area (Å²) < 4.78 is 5.80. The number of aromatic nitrogens is 1. The molecular formula is C21H20N2O2S. The lowest BCUT2D eigenvalue weighted by atomic mass is 10.1. The van der Waals surface area contributed by atoms with Crippen molar-refractivity contribution in [2.24, 2.45) is 0 Å². The number of aryl methyl sites for hydroxylation is 2. The molecule has 26 heavy (non-hydrogen) atoms. The van der Waals surface area contributed by atoms with Gasteiger partial charge in [-0.25, -0.2) is 4.98 Å². The monoisotopic (exact) mass is 364 g/mol. The average Bonchev–Trinajstić information content (AvgIpc) is 3.36. The molecule has 2 aromatic heterocycles. The lowest BCUT2D eigenvalue weighted by Gasteiger charge is -2.21. The molecule has 0 saturated heterocycles. The number of thiophene rings is 1. The number of hydrogen-bond donors (Lipinski definition) is 0. The number of hydrogen-bond acceptors (Lipinski definition) is 4. The van der Waals surface area contributed by atoms with Crippen LogP contribution in [0.3, 0.4) is 0 Å². The molecule has 0 bridgehead atoms. The molecule has 0 aliphatic heterocycles. The third-order valence-corrected chi connectivity index (χ3v) is 5.41. The van der Waals surface area contributed by atoms with Gasteiger partial charge in [-0.3, -0.25) is 9.69 Å². The first-order valence-corrected chi connectivity index (χ1v) is 9.66. The number of amides is 1. The Balaban J connectivity index is 1.47. The summed E-state index contributed by atoms with van der Waals surface area (Å²) in [4.78, 5) is 20.0. The first kappa shape index (κ1) is 16.8. The highest BCUT2D eigenvalue weighted by atomic mass is 32.1. The van der Waals surface area contributed by atoms with E-state index in [1.807, 2.05) is 41.8 Å². The first-order chi connectivity index (χ1) is 12.8. The molecule has 3 aromatic rings. The van der Waals surface area contributed by atoms with Crippen LogP contribution in [0.2, 0.25) is 0 Å². The van der Waals surface area contributed by atoms with E-state index >= 15 is 0 Å². The van der Waals surface area contributed by atoms with Gasteiger partial charge in [-0.1, -0.05) is 18.2 Å². The van der Waals surface area contributed by atoms with Crippen LogP contribution in [0.15, 0.2) is 60.1 Å². The Kier molecular flexibility index (Phi) is 4.97. The zero-order valence-corrected chi connectivity index (χ0v) is 15.2. The summed E-state index contributed by atoms with van der Waals surface area (Å²) in [5.41, 5.74) is 2.74. The number of carbonyl (C=O) groups excluding carboxylic acids is 1. The van der Waals surface area contributed by atoms with E-state index in [4.69, 9.17) is 4.74 Å². The minimum Gasteiger partial charge on any atom is -0.484 e. The Bertz CT molecular complexity index is 878. The van der Waals surface area contributed by atoms with Crippen molar-refractivity contribution in [3.63, 3.8) is 0 Å². The number of anilines is 1. The summed E-state index contributed by atoms with van der Waals surface area (Å²) in [5, 5.41) is 2.01. The Morgan fingerprint density at radius 2 is 2.04 bits per heavy atom. The van der Waals surface area contributed by atoms with Gasteiger partial charge in [0, 0.05) is 11.1 Å². The van der Waals surface area contributed by atoms with Gasteiger partial charge >= 0.3 is 0 Å². The van der Waals surface area contributed by atoms with Gasteiger partial charge in [-0.15, -0.1) is 11.3 Å². The van der Waals surface area contributed by atoms with Gasteiger partial charge in [-0.05, 0) is 66.1 Å². The fourth-order valence-corrected chi connectivity index (χ4v) is 3.92. The number of fused-ring (bicyclic) bond motifs is 1. The Morgan fingerprint density at radius 3 is 2.85 bits per heavy atom. The van der Waals surface area contributed by atoms with Gasteiger partial charge in [0.1, 0.15) is 11.6 Å². The molecule has 0 fully saturated rings. The SMILES string of the molecule is O=C(COc1ccc2c(c1)CCC2)N(Cc1cccs1)c1ccccn1. The number of carbonyl (C=O) groups is 1. The number of benzene rings is 1. The van der Waals surface area contributed by atoms with Gasteiger partial charge < -0.3 is 4.74 Å². The molecule has 0 atom stereocenters. The van der Waals surface area contributed by atoms with E-state index in [1.165, 1.54) is 17.5 Å². The van der Waals surface area contributed by atoms with E-state index in [9.17, 15) is 4.79 Å². The molecule has 0 spiro atoms. The minimum absolute atomic E-state index is 0.000730. The van der Waals surface area contributed by atoms with E-state index < -0.39 is 0 Å². The molecule has 0 radical (unpaired) electrons. The van der Waals surface area contributed by atoms with Gasteiger partial charge in [0.15, 0.2) is 6.61 Å². The molecule has 0 unspecified atom stereocenters. The van der Waals surface area contributed by atoms with Crippen molar-refractivity contribution >= 4 is 23.1 Å². The normalized spacial score (nSPS) is 12.6. The Morgan fingerprint density at radius 1 is 1.12 bits per heavy atom. The summed E-state index contributed by atoms with van der Waals surface area (Å²) in [5.74, 6) is 1.30. The summed E-state index contributed by atoms with van der Waals surface area (Å²) >= 11 is 1.63. The van der Waals surface area contributed by atoms with E-state index in [2.05, 4.69) is 17.1 Å². The molecule has 1 aliphatic carbocycles. The topological polar surface area (TPSA) is 42.4 Å². The fraction of sp³-hybridized carbons (Fsp3) is 0.238. The molecule has 1 aliphatic rings. The van der Waals surface area contributed by atoms with E-state index in [1.54, 1.807) is 22.4 Å². The number of ether oxygens (including phenoxy) is 1. The van der Waals surface area contributed by atoms with E-state index in [0.717, 1.165) is 23.5 Å². The zero-order valence-electron chi connectivity index (χ0n) is 14.4. The molecule has 1 aromatic carbocycles. The van der Waals surface area contributed by atoms with Crippen molar-refractivity contribution < 1.29 is 9.53 Å². The highest BCUT2D eigenvalue weighted by Crippen LogP contribution is 2.26. The number of pyridine rings is 1. The molecule has 0 saturated carbocycles. The fourth-order valence-electron chi connectivity index (χ4n) is 3.23. The smallest absolute Gasteiger partial charge is 0.266 e. The molecule has 132 valence electrons. The molecule has 0 N–H and O–H groups in total. The van der Waals surface area contributed by atoms with Gasteiger partial charge in [0.25, 0.3) is 5.91 Å². The predicted molar refractivity (Wildman–Crippen MR) is 104 cm³/mol. The number of nitrogens with zero attached hydrogens (tertiary/aromatic N) is 2. The zero-order chi connectivity index (χ0) is 17.8. The second kappa shape index (κ2) is 7.70. The van der Waals surface area contributed by atoms with Crippen LogP contribution in [-0.2, 0) is 24.2 Å². The maximum absolute atomic E-state index is 12.8. The molecule has 4 rings (SSSR count). The maximum Gasteiger partial charge on any atom is 0.266 e. The second-order valence-corrected chi connectivity index (χ2v) is 7.35. The van der Waals surface area contributed by atoms with E-state index in [0.29, 0.717) is 12.4 Å². The van der Waals surface area contributed by atoms with Crippen LogP contribution < -0.4 is 9.64 Å². The van der Waals surface area contributed by atoms with E-state index in [-0.39, 0.29) is 12.5 Å². The first-order valence-electron chi connectivity index (χ1n) is 8.78. The summed E-state index contributed by atoms with van der Waals surface area (Å²) in [7, 11) is 0. The lowest BCUT2D eigenvalue weighted by molar-refractivity contribution is -0.120. The lowest BCUT2D eigenvalue weighted by Crippen LogP contribution is -2.34. The summed E-state index contributed by atoms with van der Waals surface area (Å²) in [6, 6.07) is 15.7. The van der Waals surface area contributed by atoms with Crippen molar-refractivity contribution in [3.8, 4) is 5.75 Å². The van der Waals surface area contributed by atoms with Crippen molar-refractivity contribution in [2.45, 2.75) is 25.8 Å². The predicted octanol–water partition coefficient (Wildman–Crippen LogP) is 4.24. The molecule has 2 heterocycles. The molecule has 4 nitrogen and oxygen atoms in total. The standard InChI is InChI=1S/C21H20N2O2S/c24-21(15-25-18-10-9-16-5-3-6-17(16)13-18)23(14-19-7-4-12-26-19)20-8-1-2-11-22-20/h1-2,4,7-13H,3,5-6,14-15H2. The van der Waals surface area contributed by atoms with Crippen LogP contribution in [0.4, 0.5) is 5.82 Å². The highest BCUT2D eigenvalue weighted by Gasteiger charge is 2.19. The van der Waals surface area contributed by atoms with Crippen LogP contribution in [0.5, 0.6) is 5.75 Å². The van der Waals surface area contributed by atoms with Crippen molar-refractivity contribution in [3.05, 3.63) is 76.1 Å². The Labute approximate surface area is 157 Å². The minimum atomic E-state index is -0.0994. The van der Waals surface area contributed by atoms with Crippen LogP contribution in [0.25, 0.3) is 0 Å². The maximum atomic E-state index is 12.8. The van der Waals surface area contributed by atoms with Gasteiger partial charge in [-0.2, -0.15) is 0 Å². The Hall–Kier alpha value is -2.66. The van der Waals surface area contributed by atoms with Crippen LogP contribution in [-0.4, -0.2) is 17.5 Å². The van der Waals surface area contributed by atoms with Crippen molar-refractivity contribution in [2.75, 3.05) is 11.5 Å². The average molecular weight is 364 g/mol. The molecule has 5 heteroatoms. The van der Waals surface area contributed by atoms with Crippen molar-refractivity contribution in [1.29, 1.82) is 0 Å². The summed E-state index contributed by atoms with van der Waals surface area (Å²) in [6.45, 7) is 0.502. The van der Waals surface area contributed by atoms with Crippen LogP contribution in [0.1, 0.15) is 22.4 Å².